The Bertz CT molecular complexity index is 969. The third-order valence-corrected chi connectivity index (χ3v) is 4.31. The Morgan fingerprint density at radius 1 is 1.24 bits per heavy atom. The SMILES string of the molecule is C[C@@H](C(=O)N(C)Cc1ccc(Cl)nc1)c1n[nH]c(=O)c2ccccc12. The number of benzene rings is 1. The minimum absolute atomic E-state index is 0.0975. The molecule has 0 radical (unpaired) electrons. The van der Waals surface area contributed by atoms with Crippen LogP contribution >= 0.6 is 11.6 Å². The highest BCUT2D eigenvalue weighted by molar-refractivity contribution is 6.29. The van der Waals surface area contributed by atoms with E-state index in [9.17, 15) is 9.59 Å². The van der Waals surface area contributed by atoms with Gasteiger partial charge in [-0.3, -0.25) is 9.59 Å². The molecule has 1 amide bonds. The van der Waals surface area contributed by atoms with Crippen molar-refractivity contribution in [2.75, 3.05) is 7.05 Å². The molecule has 0 aliphatic carbocycles. The van der Waals surface area contributed by atoms with E-state index >= 15 is 0 Å². The zero-order valence-corrected chi connectivity index (χ0v) is 14.6. The number of pyridine rings is 1. The summed E-state index contributed by atoms with van der Waals surface area (Å²) in [5.41, 5.74) is 1.17. The van der Waals surface area contributed by atoms with Gasteiger partial charge in [0.25, 0.3) is 5.56 Å². The van der Waals surface area contributed by atoms with Crippen LogP contribution in [0.3, 0.4) is 0 Å². The molecule has 128 valence electrons. The van der Waals surface area contributed by atoms with Crippen molar-refractivity contribution in [3.8, 4) is 0 Å². The standard InChI is InChI=1S/C18H17ClN4O2/c1-11(16-13-5-3-4-6-14(13)17(24)22-21-16)18(25)23(2)10-12-7-8-15(19)20-9-12/h3-9,11H,10H2,1-2H3,(H,22,24)/t11-/m1/s1. The number of hydrogen-bond donors (Lipinski definition) is 1. The van der Waals surface area contributed by atoms with Gasteiger partial charge in [0.05, 0.1) is 17.0 Å². The van der Waals surface area contributed by atoms with Crippen LogP contribution in [0.15, 0.2) is 47.4 Å². The van der Waals surface area contributed by atoms with Crippen molar-refractivity contribution in [2.45, 2.75) is 19.4 Å². The molecule has 0 unspecified atom stereocenters. The van der Waals surface area contributed by atoms with Crippen LogP contribution in [0.5, 0.6) is 0 Å². The maximum Gasteiger partial charge on any atom is 0.272 e. The molecule has 3 aromatic rings. The largest absolute Gasteiger partial charge is 0.341 e. The van der Waals surface area contributed by atoms with Crippen LogP contribution in [0, 0.1) is 0 Å². The average molecular weight is 357 g/mol. The smallest absolute Gasteiger partial charge is 0.272 e. The van der Waals surface area contributed by atoms with Crippen LogP contribution in [0.25, 0.3) is 10.8 Å². The molecule has 1 N–H and O–H groups in total. The Balaban J connectivity index is 1.86. The van der Waals surface area contributed by atoms with Gasteiger partial charge in [-0.25, -0.2) is 10.1 Å². The normalized spacial score (nSPS) is 12.1. The van der Waals surface area contributed by atoms with E-state index in [1.54, 1.807) is 49.3 Å². The van der Waals surface area contributed by atoms with Crippen LogP contribution in [0.4, 0.5) is 0 Å². The van der Waals surface area contributed by atoms with Crippen molar-refractivity contribution < 1.29 is 4.79 Å². The van der Waals surface area contributed by atoms with E-state index in [-0.39, 0.29) is 11.5 Å². The highest BCUT2D eigenvalue weighted by atomic mass is 35.5. The van der Waals surface area contributed by atoms with Gasteiger partial charge >= 0.3 is 0 Å². The van der Waals surface area contributed by atoms with Gasteiger partial charge in [-0.05, 0) is 24.6 Å². The molecule has 1 atom stereocenters. The van der Waals surface area contributed by atoms with E-state index in [1.807, 2.05) is 12.1 Å². The van der Waals surface area contributed by atoms with Crippen molar-refractivity contribution in [1.82, 2.24) is 20.1 Å². The number of amides is 1. The first-order chi connectivity index (χ1) is 12.0. The summed E-state index contributed by atoms with van der Waals surface area (Å²) < 4.78 is 0. The van der Waals surface area contributed by atoms with Crippen LogP contribution in [0.2, 0.25) is 5.15 Å². The van der Waals surface area contributed by atoms with Crippen LogP contribution in [-0.2, 0) is 11.3 Å². The lowest BCUT2D eigenvalue weighted by Crippen LogP contribution is -2.31. The third kappa shape index (κ3) is 3.53. The molecule has 7 heteroatoms. The molecule has 0 fully saturated rings. The zero-order chi connectivity index (χ0) is 18.0. The fraction of sp³-hybridized carbons (Fsp3) is 0.222. The second-order valence-corrected chi connectivity index (χ2v) is 6.28. The number of carbonyl (C=O) groups is 1. The van der Waals surface area contributed by atoms with E-state index in [0.717, 1.165) is 5.56 Å². The molecule has 3 rings (SSSR count). The van der Waals surface area contributed by atoms with Crippen molar-refractivity contribution in [3.63, 3.8) is 0 Å². The summed E-state index contributed by atoms with van der Waals surface area (Å²) >= 11 is 5.78. The number of hydrogen-bond acceptors (Lipinski definition) is 4. The lowest BCUT2D eigenvalue weighted by molar-refractivity contribution is -0.131. The van der Waals surface area contributed by atoms with E-state index < -0.39 is 5.92 Å². The summed E-state index contributed by atoms with van der Waals surface area (Å²) in [7, 11) is 1.72. The van der Waals surface area contributed by atoms with E-state index in [4.69, 9.17) is 11.6 Å². The Morgan fingerprint density at radius 3 is 2.64 bits per heavy atom. The minimum Gasteiger partial charge on any atom is -0.341 e. The summed E-state index contributed by atoms with van der Waals surface area (Å²) in [5.74, 6) is -0.591. The summed E-state index contributed by atoms with van der Waals surface area (Å²) in [6, 6.07) is 10.7. The molecule has 6 nitrogen and oxygen atoms in total. The second kappa shape index (κ2) is 7.03. The van der Waals surface area contributed by atoms with Crippen LogP contribution in [-0.4, -0.2) is 33.0 Å². The molecule has 2 heterocycles. The molecule has 2 aromatic heterocycles. The number of halogens is 1. The third-order valence-electron chi connectivity index (χ3n) is 4.09. The quantitative estimate of drug-likeness (QED) is 0.729. The van der Waals surface area contributed by atoms with Crippen molar-refractivity contribution in [2.24, 2.45) is 0 Å². The molecule has 0 aliphatic heterocycles. The maximum absolute atomic E-state index is 12.8. The number of carbonyl (C=O) groups excluding carboxylic acids is 1. The Hall–Kier alpha value is -2.73. The lowest BCUT2D eigenvalue weighted by atomic mass is 10.00. The van der Waals surface area contributed by atoms with Gasteiger partial charge < -0.3 is 4.90 Å². The number of aromatic nitrogens is 3. The van der Waals surface area contributed by atoms with Gasteiger partial charge in [-0.1, -0.05) is 35.9 Å². The molecule has 0 saturated heterocycles. The predicted molar refractivity (Wildman–Crippen MR) is 96.5 cm³/mol. The molecule has 0 spiro atoms. The van der Waals surface area contributed by atoms with Gasteiger partial charge in [0.15, 0.2) is 0 Å². The number of H-pyrrole nitrogens is 1. The molecule has 25 heavy (non-hydrogen) atoms. The van der Waals surface area contributed by atoms with Gasteiger partial charge in [0.1, 0.15) is 5.15 Å². The summed E-state index contributed by atoms with van der Waals surface area (Å²) in [6.45, 7) is 2.20. The predicted octanol–water partition coefficient (Wildman–Crippen LogP) is 2.73. The molecular formula is C18H17ClN4O2. The first-order valence-corrected chi connectivity index (χ1v) is 8.18. The minimum atomic E-state index is -0.494. The lowest BCUT2D eigenvalue weighted by Gasteiger charge is -2.21. The van der Waals surface area contributed by atoms with Gasteiger partial charge in [-0.2, -0.15) is 5.10 Å². The van der Waals surface area contributed by atoms with E-state index in [0.29, 0.717) is 28.2 Å². The fourth-order valence-electron chi connectivity index (χ4n) is 2.77. The first-order valence-electron chi connectivity index (χ1n) is 7.80. The maximum atomic E-state index is 12.8. The van der Waals surface area contributed by atoms with E-state index in [1.165, 1.54) is 0 Å². The Kier molecular flexibility index (Phi) is 4.81. The van der Waals surface area contributed by atoms with Crippen molar-refractivity contribution in [1.29, 1.82) is 0 Å². The fourth-order valence-corrected chi connectivity index (χ4v) is 2.88. The number of nitrogens with one attached hydrogen (secondary N) is 1. The zero-order valence-electron chi connectivity index (χ0n) is 13.9. The van der Waals surface area contributed by atoms with Gasteiger partial charge in [-0.15, -0.1) is 0 Å². The monoisotopic (exact) mass is 356 g/mol. The number of fused-ring (bicyclic) bond motifs is 1. The molecular weight excluding hydrogens is 340 g/mol. The van der Waals surface area contributed by atoms with E-state index in [2.05, 4.69) is 15.2 Å². The summed E-state index contributed by atoms with van der Waals surface area (Å²) in [5, 5.41) is 8.21. The summed E-state index contributed by atoms with van der Waals surface area (Å²) in [6.07, 6.45) is 1.64. The Morgan fingerprint density at radius 2 is 1.96 bits per heavy atom. The molecule has 1 aromatic carbocycles. The van der Waals surface area contributed by atoms with Crippen LogP contribution in [0.1, 0.15) is 24.1 Å². The summed E-state index contributed by atoms with van der Waals surface area (Å²) in [4.78, 5) is 30.3. The molecule has 0 bridgehead atoms. The van der Waals surface area contributed by atoms with Gasteiger partial charge in [0, 0.05) is 25.2 Å². The highest BCUT2D eigenvalue weighted by Crippen LogP contribution is 2.23. The molecule has 0 saturated carbocycles. The number of likely N-dealkylation sites (N-methyl/N-ethyl adjacent to an activating group) is 1. The number of nitrogens with zero attached hydrogens (tertiary/aromatic N) is 3. The second-order valence-electron chi connectivity index (χ2n) is 5.89. The van der Waals surface area contributed by atoms with Crippen molar-refractivity contribution in [3.05, 3.63) is 69.4 Å². The topological polar surface area (TPSA) is 79.0 Å². The number of aromatic amines is 1. The number of rotatable bonds is 4. The Labute approximate surface area is 149 Å². The first kappa shape index (κ1) is 17.1. The van der Waals surface area contributed by atoms with Gasteiger partial charge in [0.2, 0.25) is 5.91 Å². The average Bonchev–Trinajstić information content (AvgIpc) is 2.63. The highest BCUT2D eigenvalue weighted by Gasteiger charge is 2.23. The van der Waals surface area contributed by atoms with Crippen LogP contribution < -0.4 is 5.56 Å². The molecule has 0 aliphatic rings. The van der Waals surface area contributed by atoms with Crippen molar-refractivity contribution >= 4 is 28.3 Å².